The summed E-state index contributed by atoms with van der Waals surface area (Å²) in [5.74, 6) is -0.0334. The van der Waals surface area contributed by atoms with Crippen LogP contribution >= 0.6 is 27.7 Å². The number of anilines is 1. The van der Waals surface area contributed by atoms with Crippen molar-refractivity contribution >= 4 is 39.3 Å². The third-order valence-corrected chi connectivity index (χ3v) is 3.72. The SMILES string of the molecule is CC(C)(C)SCC(=O)Nc1ccc(F)c(Br)c1. The lowest BCUT2D eigenvalue weighted by molar-refractivity contribution is -0.113. The quantitative estimate of drug-likeness (QED) is 0.910. The van der Waals surface area contributed by atoms with Gasteiger partial charge >= 0.3 is 0 Å². The van der Waals surface area contributed by atoms with Gasteiger partial charge in [0.05, 0.1) is 10.2 Å². The number of hydrogen-bond acceptors (Lipinski definition) is 2. The second-order valence-electron chi connectivity index (χ2n) is 4.58. The van der Waals surface area contributed by atoms with E-state index in [1.165, 1.54) is 6.07 Å². The van der Waals surface area contributed by atoms with E-state index in [1.807, 2.05) is 0 Å². The first-order valence-corrected chi connectivity index (χ1v) is 6.95. The maximum absolute atomic E-state index is 13.0. The zero-order valence-corrected chi connectivity index (χ0v) is 12.4. The van der Waals surface area contributed by atoms with E-state index in [1.54, 1.807) is 23.9 Å². The molecule has 2 nitrogen and oxygen atoms in total. The number of halogens is 2. The number of thioether (sulfide) groups is 1. The van der Waals surface area contributed by atoms with Gasteiger partial charge in [0.2, 0.25) is 5.91 Å². The number of nitrogens with one attached hydrogen (secondary N) is 1. The number of benzene rings is 1. The number of carbonyl (C=O) groups is 1. The summed E-state index contributed by atoms with van der Waals surface area (Å²) in [6.07, 6.45) is 0. The minimum Gasteiger partial charge on any atom is -0.325 e. The molecule has 1 amide bonds. The molecule has 1 aromatic rings. The van der Waals surface area contributed by atoms with Gasteiger partial charge < -0.3 is 5.32 Å². The van der Waals surface area contributed by atoms with E-state index in [9.17, 15) is 9.18 Å². The summed E-state index contributed by atoms with van der Waals surface area (Å²) in [5, 5.41) is 2.73. The molecule has 0 radical (unpaired) electrons. The summed E-state index contributed by atoms with van der Waals surface area (Å²) < 4.78 is 13.4. The van der Waals surface area contributed by atoms with Crippen molar-refractivity contribution in [2.45, 2.75) is 25.5 Å². The lowest BCUT2D eigenvalue weighted by atomic mass is 10.3. The van der Waals surface area contributed by atoms with Crippen molar-refractivity contribution in [2.75, 3.05) is 11.1 Å². The van der Waals surface area contributed by atoms with Crippen LogP contribution in [0.4, 0.5) is 10.1 Å². The highest BCUT2D eigenvalue weighted by molar-refractivity contribution is 9.10. The highest BCUT2D eigenvalue weighted by Gasteiger charge is 2.13. The molecule has 0 atom stereocenters. The van der Waals surface area contributed by atoms with Crippen molar-refractivity contribution < 1.29 is 9.18 Å². The van der Waals surface area contributed by atoms with Crippen LogP contribution in [0.3, 0.4) is 0 Å². The van der Waals surface area contributed by atoms with E-state index in [0.29, 0.717) is 15.9 Å². The summed E-state index contributed by atoms with van der Waals surface area (Å²) >= 11 is 4.65. The van der Waals surface area contributed by atoms with E-state index < -0.39 is 0 Å². The van der Waals surface area contributed by atoms with Crippen LogP contribution in [0, 0.1) is 5.82 Å². The van der Waals surface area contributed by atoms with E-state index in [2.05, 4.69) is 42.0 Å². The first-order chi connectivity index (χ1) is 7.78. The summed E-state index contributed by atoms with van der Waals surface area (Å²) in [7, 11) is 0. The molecule has 0 aliphatic heterocycles. The highest BCUT2D eigenvalue weighted by Crippen LogP contribution is 2.24. The third kappa shape index (κ3) is 5.55. The standard InChI is InChI=1S/C12H15BrFNOS/c1-12(2,3)17-7-11(16)15-8-4-5-10(14)9(13)6-8/h4-6H,7H2,1-3H3,(H,15,16). The van der Waals surface area contributed by atoms with Gasteiger partial charge in [-0.1, -0.05) is 20.8 Å². The van der Waals surface area contributed by atoms with Gasteiger partial charge in [0.1, 0.15) is 5.82 Å². The lowest BCUT2D eigenvalue weighted by Crippen LogP contribution is -2.18. The molecule has 1 aromatic carbocycles. The van der Waals surface area contributed by atoms with Crippen LogP contribution in [0.1, 0.15) is 20.8 Å². The Morgan fingerprint density at radius 2 is 2.12 bits per heavy atom. The molecular weight excluding hydrogens is 305 g/mol. The first kappa shape index (κ1) is 14.5. The molecule has 0 aliphatic carbocycles. The molecule has 1 N–H and O–H groups in total. The normalized spacial score (nSPS) is 11.4. The van der Waals surface area contributed by atoms with Crippen LogP contribution in [-0.2, 0) is 4.79 Å². The second kappa shape index (κ2) is 5.87. The van der Waals surface area contributed by atoms with Crippen LogP contribution in [0.25, 0.3) is 0 Å². The van der Waals surface area contributed by atoms with Gasteiger partial charge in [-0.25, -0.2) is 4.39 Å². The van der Waals surface area contributed by atoms with Crippen molar-refractivity contribution in [3.63, 3.8) is 0 Å². The average molecular weight is 320 g/mol. The van der Waals surface area contributed by atoms with E-state index >= 15 is 0 Å². The zero-order valence-electron chi connectivity index (χ0n) is 10.0. The molecule has 0 aromatic heterocycles. The van der Waals surface area contributed by atoms with Crippen molar-refractivity contribution in [1.29, 1.82) is 0 Å². The van der Waals surface area contributed by atoms with Crippen LogP contribution in [0.2, 0.25) is 0 Å². The minimum atomic E-state index is -0.341. The molecule has 17 heavy (non-hydrogen) atoms. The van der Waals surface area contributed by atoms with Gasteiger partial charge in [0.25, 0.3) is 0 Å². The van der Waals surface area contributed by atoms with Gasteiger partial charge in [-0.05, 0) is 34.1 Å². The van der Waals surface area contributed by atoms with Crippen LogP contribution in [0.15, 0.2) is 22.7 Å². The summed E-state index contributed by atoms with van der Waals surface area (Å²) in [6, 6.07) is 4.41. The maximum atomic E-state index is 13.0. The van der Waals surface area contributed by atoms with Crippen LogP contribution < -0.4 is 5.32 Å². The molecule has 0 aliphatic rings. The molecule has 0 saturated heterocycles. The van der Waals surface area contributed by atoms with Crippen molar-refractivity contribution in [2.24, 2.45) is 0 Å². The van der Waals surface area contributed by atoms with Gasteiger partial charge in [-0.2, -0.15) is 0 Å². The molecule has 5 heteroatoms. The van der Waals surface area contributed by atoms with Gasteiger partial charge in [-0.15, -0.1) is 11.8 Å². The molecule has 1 rings (SSSR count). The summed E-state index contributed by atoms with van der Waals surface area (Å²) in [6.45, 7) is 6.16. The number of amides is 1. The molecule has 0 spiro atoms. The fraction of sp³-hybridized carbons (Fsp3) is 0.417. The topological polar surface area (TPSA) is 29.1 Å². The average Bonchev–Trinajstić information content (AvgIpc) is 2.20. The number of rotatable bonds is 3. The Kier molecular flexibility index (Phi) is 5.01. The lowest BCUT2D eigenvalue weighted by Gasteiger charge is -2.17. The van der Waals surface area contributed by atoms with Gasteiger partial charge in [0, 0.05) is 10.4 Å². The Labute approximate surface area is 113 Å². The third-order valence-electron chi connectivity index (χ3n) is 1.84. The van der Waals surface area contributed by atoms with Gasteiger partial charge in [0.15, 0.2) is 0 Å². The maximum Gasteiger partial charge on any atom is 0.234 e. The Morgan fingerprint density at radius 1 is 1.47 bits per heavy atom. The molecule has 0 bridgehead atoms. The Bertz CT molecular complexity index is 417. The Balaban J connectivity index is 2.54. The minimum absolute atomic E-state index is 0.0563. The molecule has 0 unspecified atom stereocenters. The van der Waals surface area contributed by atoms with Gasteiger partial charge in [-0.3, -0.25) is 4.79 Å². The molecule has 0 saturated carbocycles. The molecule has 94 valence electrons. The second-order valence-corrected chi connectivity index (χ2v) is 7.23. The highest BCUT2D eigenvalue weighted by atomic mass is 79.9. The van der Waals surface area contributed by atoms with E-state index in [4.69, 9.17) is 0 Å². The number of carbonyl (C=O) groups excluding carboxylic acids is 1. The summed E-state index contributed by atoms with van der Waals surface area (Å²) in [5.41, 5.74) is 0.595. The molecule has 0 heterocycles. The van der Waals surface area contributed by atoms with E-state index in [0.717, 1.165) is 0 Å². The predicted molar refractivity (Wildman–Crippen MR) is 74.9 cm³/mol. The summed E-state index contributed by atoms with van der Waals surface area (Å²) in [4.78, 5) is 11.6. The van der Waals surface area contributed by atoms with Crippen molar-refractivity contribution in [1.82, 2.24) is 0 Å². The first-order valence-electron chi connectivity index (χ1n) is 5.17. The van der Waals surface area contributed by atoms with Crippen molar-refractivity contribution in [3.05, 3.63) is 28.5 Å². The number of hydrogen-bond donors (Lipinski definition) is 1. The Morgan fingerprint density at radius 3 is 2.65 bits per heavy atom. The van der Waals surface area contributed by atoms with Crippen LogP contribution in [0.5, 0.6) is 0 Å². The van der Waals surface area contributed by atoms with Crippen molar-refractivity contribution in [3.8, 4) is 0 Å². The Hall–Kier alpha value is -0.550. The van der Waals surface area contributed by atoms with Crippen LogP contribution in [-0.4, -0.2) is 16.4 Å². The zero-order chi connectivity index (χ0) is 13.1. The van der Waals surface area contributed by atoms with E-state index in [-0.39, 0.29) is 16.5 Å². The molecule has 0 fully saturated rings. The monoisotopic (exact) mass is 319 g/mol. The smallest absolute Gasteiger partial charge is 0.234 e. The largest absolute Gasteiger partial charge is 0.325 e. The predicted octanol–water partition coefficient (Wildman–Crippen LogP) is 4.06. The fourth-order valence-corrected chi connectivity index (χ4v) is 2.07. The fourth-order valence-electron chi connectivity index (χ4n) is 1.05. The molecular formula is C12H15BrFNOS.